The predicted molar refractivity (Wildman–Crippen MR) is 118 cm³/mol. The second-order valence-corrected chi connectivity index (χ2v) is 8.55. The molecule has 1 nitrogen and oxygen atoms in total. The number of benzene rings is 5. The molecule has 0 saturated heterocycles. The third-order valence-corrected chi connectivity index (χ3v) is 6.42. The maximum Gasteiger partial charge on any atom is 0.204 e. The summed E-state index contributed by atoms with van der Waals surface area (Å²) < 4.78 is 211. The van der Waals surface area contributed by atoms with Crippen LogP contribution < -0.4 is 4.74 Å². The van der Waals surface area contributed by atoms with E-state index in [0.29, 0.717) is 13.2 Å². The zero-order valence-corrected chi connectivity index (χ0v) is 19.9. The van der Waals surface area contributed by atoms with Crippen LogP contribution in [0.4, 0.5) is 61.5 Å². The maximum absolute atomic E-state index is 15.4. The van der Waals surface area contributed by atoms with Crippen molar-refractivity contribution >= 4 is 21.5 Å². The normalized spacial score (nSPS) is 11.7. The van der Waals surface area contributed by atoms with Crippen LogP contribution in [0, 0.1) is 81.4 Å². The highest BCUT2D eigenvalue weighted by atomic mass is 19.2. The van der Waals surface area contributed by atoms with E-state index >= 15 is 26.3 Å². The van der Waals surface area contributed by atoms with Gasteiger partial charge in [-0.15, -0.1) is 0 Å². The molecule has 0 aliphatic carbocycles. The highest BCUT2D eigenvalue weighted by Crippen LogP contribution is 2.51. The van der Waals surface area contributed by atoms with Crippen LogP contribution >= 0.6 is 0 Å². The summed E-state index contributed by atoms with van der Waals surface area (Å²) in [7, 11) is 0.530. The first kappa shape index (κ1) is 29.0. The van der Waals surface area contributed by atoms with E-state index in [4.69, 9.17) is 0 Å². The van der Waals surface area contributed by atoms with Gasteiger partial charge < -0.3 is 4.74 Å². The second kappa shape index (κ2) is 9.77. The molecule has 0 radical (unpaired) electrons. The van der Waals surface area contributed by atoms with Crippen LogP contribution in [0.15, 0.2) is 18.2 Å². The van der Waals surface area contributed by atoms with Crippen molar-refractivity contribution in [3.8, 4) is 28.0 Å². The molecular weight excluding hydrogens is 606 g/mol. The maximum atomic E-state index is 15.4. The number of ether oxygens (including phenoxy) is 1. The minimum absolute atomic E-state index is 0.0916. The molecule has 5 aromatic rings. The monoisotopic (exact) mass is 612 g/mol. The van der Waals surface area contributed by atoms with E-state index < -0.39 is 131 Å². The zero-order valence-electron chi connectivity index (χ0n) is 19.9. The lowest BCUT2D eigenvalue weighted by Gasteiger charge is -2.21. The number of hydrogen-bond donors (Lipinski definition) is 0. The topological polar surface area (TPSA) is 9.23 Å². The van der Waals surface area contributed by atoms with Gasteiger partial charge >= 0.3 is 0 Å². The van der Waals surface area contributed by atoms with Gasteiger partial charge in [-0.2, -0.15) is 8.78 Å². The Balaban J connectivity index is 2.28. The standard InChI is InChI=1S/C27H6F14O/c1-42-27-25(40)19(34)14(20(35)26(27)41)9-12-10(15(30)21(36)23(38)17(12)32)8(5-2-3-6(28)7(29)4-5)11-13(9)18(33)24(39)22(37)16(11)31/h2-4H,1H3. The summed E-state index contributed by atoms with van der Waals surface area (Å²) in [6.45, 7) is 0. The Morgan fingerprint density at radius 3 is 1.12 bits per heavy atom. The van der Waals surface area contributed by atoms with Crippen LogP contribution in [-0.4, -0.2) is 7.11 Å². The van der Waals surface area contributed by atoms with Crippen molar-refractivity contribution in [1.29, 1.82) is 0 Å². The first-order chi connectivity index (χ1) is 19.7. The van der Waals surface area contributed by atoms with Crippen LogP contribution in [0.25, 0.3) is 43.8 Å². The quantitative estimate of drug-likeness (QED) is 0.0855. The number of halogens is 14. The Bertz CT molecular complexity index is 1910. The molecule has 0 saturated carbocycles. The molecule has 0 heterocycles. The molecule has 5 rings (SSSR count). The number of fused-ring (bicyclic) bond motifs is 2. The molecule has 15 heteroatoms. The zero-order chi connectivity index (χ0) is 31.1. The fourth-order valence-corrected chi connectivity index (χ4v) is 4.65. The van der Waals surface area contributed by atoms with E-state index in [-0.39, 0.29) is 12.1 Å². The average molecular weight is 612 g/mol. The average Bonchev–Trinajstić information content (AvgIpc) is 2.96. The van der Waals surface area contributed by atoms with Gasteiger partial charge in [0.15, 0.2) is 75.6 Å². The molecule has 218 valence electrons. The summed E-state index contributed by atoms with van der Waals surface area (Å²) in [4.78, 5) is 0. The van der Waals surface area contributed by atoms with Crippen molar-refractivity contribution in [2.45, 2.75) is 0 Å². The highest BCUT2D eigenvalue weighted by Gasteiger charge is 2.37. The van der Waals surface area contributed by atoms with Gasteiger partial charge in [0, 0.05) is 32.7 Å². The molecule has 42 heavy (non-hydrogen) atoms. The van der Waals surface area contributed by atoms with Crippen molar-refractivity contribution in [2.24, 2.45) is 0 Å². The summed E-state index contributed by atoms with van der Waals surface area (Å²) in [5.41, 5.74) is -6.82. The molecule has 0 N–H and O–H groups in total. The molecule has 0 amide bonds. The van der Waals surface area contributed by atoms with E-state index in [1.54, 1.807) is 0 Å². The number of hydrogen-bond acceptors (Lipinski definition) is 1. The largest absolute Gasteiger partial charge is 0.491 e. The van der Waals surface area contributed by atoms with Gasteiger partial charge in [0.1, 0.15) is 0 Å². The molecule has 0 bridgehead atoms. The van der Waals surface area contributed by atoms with Crippen molar-refractivity contribution in [3.63, 3.8) is 0 Å². The summed E-state index contributed by atoms with van der Waals surface area (Å²) >= 11 is 0. The molecule has 0 unspecified atom stereocenters. The van der Waals surface area contributed by atoms with E-state index in [2.05, 4.69) is 4.74 Å². The molecule has 0 aliphatic heterocycles. The first-order valence-corrected chi connectivity index (χ1v) is 11.0. The van der Waals surface area contributed by atoms with Crippen molar-refractivity contribution < 1.29 is 66.2 Å². The third kappa shape index (κ3) is 3.71. The van der Waals surface area contributed by atoms with E-state index in [1.165, 1.54) is 0 Å². The van der Waals surface area contributed by atoms with Crippen LogP contribution in [0.2, 0.25) is 0 Å². The van der Waals surface area contributed by atoms with Gasteiger partial charge in [0.25, 0.3) is 0 Å². The SMILES string of the molecule is COc1c(F)c(F)c(-c2c3c(F)c(F)c(F)c(F)c3c(-c3ccc(F)c(F)c3)c3c(F)c(F)c(F)c(F)c23)c(F)c1F. The van der Waals surface area contributed by atoms with Crippen LogP contribution in [0.1, 0.15) is 0 Å². The Morgan fingerprint density at radius 2 is 0.762 bits per heavy atom. The third-order valence-electron chi connectivity index (χ3n) is 6.42. The first-order valence-electron chi connectivity index (χ1n) is 11.0. The number of methoxy groups -OCH3 is 1. The minimum atomic E-state index is -2.77. The van der Waals surface area contributed by atoms with Crippen LogP contribution in [-0.2, 0) is 0 Å². The lowest BCUT2D eigenvalue weighted by Crippen LogP contribution is -2.09. The molecule has 5 aromatic carbocycles. The van der Waals surface area contributed by atoms with Crippen molar-refractivity contribution in [2.75, 3.05) is 7.11 Å². The Labute approximate surface area is 223 Å². The molecule has 0 atom stereocenters. The summed E-state index contributed by atoms with van der Waals surface area (Å²) in [5.74, 6) is -36.5. The Hall–Kier alpha value is -4.56. The second-order valence-electron chi connectivity index (χ2n) is 8.55. The summed E-state index contributed by atoms with van der Waals surface area (Å²) in [5, 5.41) is -7.60. The molecule has 0 spiro atoms. The molecule has 0 aromatic heterocycles. The summed E-state index contributed by atoms with van der Waals surface area (Å²) in [6, 6.07) is 0.817. The van der Waals surface area contributed by atoms with Gasteiger partial charge in [-0.05, 0) is 17.7 Å². The van der Waals surface area contributed by atoms with Gasteiger partial charge in [0.2, 0.25) is 11.6 Å². The molecule has 0 aliphatic rings. The van der Waals surface area contributed by atoms with Gasteiger partial charge in [-0.1, -0.05) is 6.07 Å². The lowest BCUT2D eigenvalue weighted by molar-refractivity contribution is 0.334. The van der Waals surface area contributed by atoms with Gasteiger partial charge in [-0.3, -0.25) is 0 Å². The van der Waals surface area contributed by atoms with E-state index in [9.17, 15) is 35.1 Å². The fraction of sp³-hybridized carbons (Fsp3) is 0.0370. The van der Waals surface area contributed by atoms with Gasteiger partial charge in [-0.25, -0.2) is 52.7 Å². The Morgan fingerprint density at radius 1 is 0.381 bits per heavy atom. The number of rotatable bonds is 3. The molecular formula is C27H6F14O. The highest BCUT2D eigenvalue weighted by molar-refractivity contribution is 6.22. The lowest BCUT2D eigenvalue weighted by atomic mass is 9.84. The fourth-order valence-electron chi connectivity index (χ4n) is 4.65. The van der Waals surface area contributed by atoms with Crippen LogP contribution in [0.5, 0.6) is 5.75 Å². The smallest absolute Gasteiger partial charge is 0.204 e. The van der Waals surface area contributed by atoms with Gasteiger partial charge in [0.05, 0.1) is 12.7 Å². The van der Waals surface area contributed by atoms with E-state index in [1.807, 2.05) is 0 Å². The molecule has 0 fully saturated rings. The predicted octanol–water partition coefficient (Wildman–Crippen LogP) is 9.28. The Kier molecular flexibility index (Phi) is 6.74. The van der Waals surface area contributed by atoms with Crippen molar-refractivity contribution in [3.05, 3.63) is 99.6 Å². The minimum Gasteiger partial charge on any atom is -0.491 e. The van der Waals surface area contributed by atoms with E-state index in [0.717, 1.165) is 0 Å². The summed E-state index contributed by atoms with van der Waals surface area (Å²) in [6.07, 6.45) is 0. The van der Waals surface area contributed by atoms with Crippen LogP contribution in [0.3, 0.4) is 0 Å². The van der Waals surface area contributed by atoms with Crippen molar-refractivity contribution in [1.82, 2.24) is 0 Å².